The first kappa shape index (κ1) is 10.8. The van der Waals surface area contributed by atoms with E-state index >= 15 is 0 Å². The molecule has 1 fully saturated rings. The molecule has 0 amide bonds. The fourth-order valence-corrected chi connectivity index (χ4v) is 3.44. The van der Waals surface area contributed by atoms with Crippen molar-refractivity contribution in [1.29, 1.82) is 5.26 Å². The molecule has 88 valence electrons. The van der Waals surface area contributed by atoms with Crippen LogP contribution >= 0.6 is 0 Å². The van der Waals surface area contributed by atoms with Crippen molar-refractivity contribution in [3.8, 4) is 6.07 Å². The van der Waals surface area contributed by atoms with Crippen LogP contribution in [0.15, 0.2) is 18.2 Å². The van der Waals surface area contributed by atoms with Crippen molar-refractivity contribution in [2.24, 2.45) is 0 Å². The van der Waals surface area contributed by atoms with Gasteiger partial charge in [-0.25, -0.2) is 0 Å². The Kier molecular flexibility index (Phi) is 2.89. The Balaban J connectivity index is 1.90. The molecule has 1 saturated carbocycles. The van der Waals surface area contributed by atoms with E-state index in [1.807, 2.05) is 0 Å². The van der Waals surface area contributed by atoms with E-state index in [9.17, 15) is 0 Å². The SMILES string of the molecule is N#C[C@H]1CCc2ccc(C3CCCCC3)cc21. The monoisotopic (exact) mass is 225 g/mol. The number of hydrogen-bond donors (Lipinski definition) is 0. The van der Waals surface area contributed by atoms with Gasteiger partial charge in [-0.1, -0.05) is 37.5 Å². The van der Waals surface area contributed by atoms with Gasteiger partial charge in [-0.2, -0.15) is 5.26 Å². The van der Waals surface area contributed by atoms with Crippen LogP contribution in [0.4, 0.5) is 0 Å². The molecule has 0 bridgehead atoms. The van der Waals surface area contributed by atoms with Crippen LogP contribution in [-0.4, -0.2) is 0 Å². The van der Waals surface area contributed by atoms with Crippen molar-refractivity contribution in [3.63, 3.8) is 0 Å². The van der Waals surface area contributed by atoms with Gasteiger partial charge in [0.25, 0.3) is 0 Å². The zero-order valence-electron chi connectivity index (χ0n) is 10.3. The molecule has 17 heavy (non-hydrogen) atoms. The van der Waals surface area contributed by atoms with Gasteiger partial charge in [-0.3, -0.25) is 0 Å². The van der Waals surface area contributed by atoms with Crippen molar-refractivity contribution in [2.45, 2.75) is 56.8 Å². The van der Waals surface area contributed by atoms with Crippen LogP contribution in [0.25, 0.3) is 0 Å². The van der Waals surface area contributed by atoms with Gasteiger partial charge in [0, 0.05) is 0 Å². The van der Waals surface area contributed by atoms with Gasteiger partial charge in [0.2, 0.25) is 0 Å². The molecule has 0 aliphatic heterocycles. The first-order valence-corrected chi connectivity index (χ1v) is 6.91. The summed E-state index contributed by atoms with van der Waals surface area (Å²) in [6, 6.07) is 9.38. The molecule has 0 saturated heterocycles. The van der Waals surface area contributed by atoms with E-state index in [1.54, 1.807) is 0 Å². The fraction of sp³-hybridized carbons (Fsp3) is 0.562. The molecule has 0 heterocycles. The predicted molar refractivity (Wildman–Crippen MR) is 68.9 cm³/mol. The van der Waals surface area contributed by atoms with Crippen LogP contribution in [0.5, 0.6) is 0 Å². The normalized spacial score (nSPS) is 24.3. The summed E-state index contributed by atoms with van der Waals surface area (Å²) in [6.45, 7) is 0. The van der Waals surface area contributed by atoms with E-state index in [0.717, 1.165) is 18.8 Å². The number of fused-ring (bicyclic) bond motifs is 1. The molecule has 0 unspecified atom stereocenters. The van der Waals surface area contributed by atoms with Crippen molar-refractivity contribution in [2.75, 3.05) is 0 Å². The summed E-state index contributed by atoms with van der Waals surface area (Å²) >= 11 is 0. The minimum absolute atomic E-state index is 0.161. The Labute approximate surface area is 103 Å². The van der Waals surface area contributed by atoms with E-state index in [4.69, 9.17) is 5.26 Å². The summed E-state index contributed by atoms with van der Waals surface area (Å²) in [4.78, 5) is 0. The number of benzene rings is 1. The second-order valence-electron chi connectivity index (χ2n) is 5.51. The van der Waals surface area contributed by atoms with Gasteiger partial charge in [0.15, 0.2) is 0 Å². The van der Waals surface area contributed by atoms with Gasteiger partial charge in [-0.15, -0.1) is 0 Å². The summed E-state index contributed by atoms with van der Waals surface area (Å²) in [5, 5.41) is 9.16. The highest BCUT2D eigenvalue weighted by Gasteiger charge is 2.24. The third-order valence-electron chi connectivity index (χ3n) is 4.48. The van der Waals surface area contributed by atoms with E-state index in [0.29, 0.717) is 0 Å². The maximum atomic E-state index is 9.16. The quantitative estimate of drug-likeness (QED) is 0.699. The van der Waals surface area contributed by atoms with E-state index < -0.39 is 0 Å². The predicted octanol–water partition coefficient (Wildman–Crippen LogP) is 4.29. The first-order valence-electron chi connectivity index (χ1n) is 6.91. The van der Waals surface area contributed by atoms with Crippen molar-refractivity contribution < 1.29 is 0 Å². The third-order valence-corrected chi connectivity index (χ3v) is 4.48. The molecule has 0 spiro atoms. The molecular weight excluding hydrogens is 206 g/mol. The van der Waals surface area contributed by atoms with E-state index in [1.165, 1.54) is 48.8 Å². The molecule has 1 aromatic rings. The Bertz CT molecular complexity index is 449. The van der Waals surface area contributed by atoms with Gasteiger partial charge in [-0.05, 0) is 48.3 Å². The molecule has 0 N–H and O–H groups in total. The fourth-order valence-electron chi connectivity index (χ4n) is 3.44. The lowest BCUT2D eigenvalue weighted by atomic mass is 9.83. The molecule has 0 radical (unpaired) electrons. The number of aryl methyl sites for hydroxylation is 1. The molecule has 1 heteroatoms. The molecule has 0 aromatic heterocycles. The lowest BCUT2D eigenvalue weighted by Gasteiger charge is -2.22. The lowest BCUT2D eigenvalue weighted by molar-refractivity contribution is 0.443. The molecule has 2 aliphatic carbocycles. The second kappa shape index (κ2) is 4.53. The Morgan fingerprint density at radius 1 is 1.06 bits per heavy atom. The highest BCUT2D eigenvalue weighted by atomic mass is 14.3. The van der Waals surface area contributed by atoms with E-state index in [-0.39, 0.29) is 5.92 Å². The average Bonchev–Trinajstić information content (AvgIpc) is 2.81. The molecular formula is C16H19N. The van der Waals surface area contributed by atoms with Gasteiger partial charge < -0.3 is 0 Å². The number of nitriles is 1. The zero-order chi connectivity index (χ0) is 11.7. The largest absolute Gasteiger partial charge is 0.198 e. The molecule has 2 aliphatic rings. The topological polar surface area (TPSA) is 23.8 Å². The smallest absolute Gasteiger partial charge is 0.0718 e. The number of hydrogen-bond acceptors (Lipinski definition) is 1. The maximum Gasteiger partial charge on any atom is 0.0718 e. The molecule has 1 aromatic carbocycles. The van der Waals surface area contributed by atoms with Crippen LogP contribution in [0.1, 0.15) is 67.1 Å². The molecule has 1 atom stereocenters. The second-order valence-corrected chi connectivity index (χ2v) is 5.51. The zero-order valence-corrected chi connectivity index (χ0v) is 10.3. The summed E-state index contributed by atoms with van der Waals surface area (Å²) < 4.78 is 0. The number of rotatable bonds is 1. The van der Waals surface area contributed by atoms with Crippen LogP contribution in [0.2, 0.25) is 0 Å². The maximum absolute atomic E-state index is 9.16. The number of nitrogens with zero attached hydrogens (tertiary/aromatic N) is 1. The van der Waals surface area contributed by atoms with Crippen molar-refractivity contribution in [1.82, 2.24) is 0 Å². The third kappa shape index (κ3) is 1.97. The van der Waals surface area contributed by atoms with Crippen LogP contribution in [0.3, 0.4) is 0 Å². The molecule has 3 rings (SSSR count). The summed E-state index contributed by atoms with van der Waals surface area (Å²) in [5.74, 6) is 0.919. The van der Waals surface area contributed by atoms with E-state index in [2.05, 4.69) is 24.3 Å². The molecule has 1 nitrogen and oxygen atoms in total. The highest BCUT2D eigenvalue weighted by molar-refractivity contribution is 5.42. The average molecular weight is 225 g/mol. The van der Waals surface area contributed by atoms with Gasteiger partial charge in [0.05, 0.1) is 12.0 Å². The standard InChI is InChI=1S/C16H19N/c17-11-15-9-7-13-6-8-14(10-16(13)15)12-4-2-1-3-5-12/h6,8,10,12,15H,1-5,7,9H2/t15-/m1/s1. The minimum Gasteiger partial charge on any atom is -0.198 e. The van der Waals surface area contributed by atoms with Gasteiger partial charge in [0.1, 0.15) is 0 Å². The summed E-state index contributed by atoms with van der Waals surface area (Å²) in [7, 11) is 0. The van der Waals surface area contributed by atoms with Gasteiger partial charge >= 0.3 is 0 Å². The van der Waals surface area contributed by atoms with Crippen molar-refractivity contribution in [3.05, 3.63) is 34.9 Å². The minimum atomic E-state index is 0.161. The Morgan fingerprint density at radius 2 is 1.88 bits per heavy atom. The van der Waals surface area contributed by atoms with Crippen LogP contribution in [0, 0.1) is 11.3 Å². The first-order chi connectivity index (χ1) is 8.38. The summed E-state index contributed by atoms with van der Waals surface area (Å²) in [6.07, 6.45) is 8.97. The summed E-state index contributed by atoms with van der Waals surface area (Å²) in [5.41, 5.74) is 4.23. The Morgan fingerprint density at radius 3 is 2.65 bits per heavy atom. The Hall–Kier alpha value is -1.29. The lowest BCUT2D eigenvalue weighted by Crippen LogP contribution is -2.05. The van der Waals surface area contributed by atoms with Crippen LogP contribution < -0.4 is 0 Å². The highest BCUT2D eigenvalue weighted by Crippen LogP contribution is 2.38. The van der Waals surface area contributed by atoms with Crippen LogP contribution in [-0.2, 0) is 6.42 Å². The van der Waals surface area contributed by atoms with Crippen molar-refractivity contribution >= 4 is 0 Å².